The second-order valence-electron chi connectivity index (χ2n) is 4.93. The normalized spacial score (nSPS) is 10.4. The number of nitrogens with one attached hydrogen (secondary N) is 1. The topological polar surface area (TPSA) is 97.1 Å². The molecule has 2 rings (SSSR count). The van der Waals surface area contributed by atoms with Gasteiger partial charge in [-0.25, -0.2) is 4.68 Å². The molecule has 0 radical (unpaired) electrons. The summed E-state index contributed by atoms with van der Waals surface area (Å²) < 4.78 is 1.22. The van der Waals surface area contributed by atoms with Gasteiger partial charge in [0.25, 0.3) is 0 Å². The standard InChI is InChI=1S/C15H18N4O3/c1-2-11-4-3-5-12(6-11)7-14(20)16-8-13-9-19(18-17-13)10-15(21)22/h3-6,9H,2,7-8,10H2,1H3,(H,16,20)(H,21,22). The molecule has 22 heavy (non-hydrogen) atoms. The number of carbonyl (C=O) groups excluding carboxylic acids is 1. The van der Waals surface area contributed by atoms with Crippen molar-refractivity contribution in [2.24, 2.45) is 0 Å². The van der Waals surface area contributed by atoms with Gasteiger partial charge in [0.05, 0.1) is 19.2 Å². The third-order valence-corrected chi connectivity index (χ3v) is 3.11. The van der Waals surface area contributed by atoms with Crippen molar-refractivity contribution in [3.05, 3.63) is 47.3 Å². The highest BCUT2D eigenvalue weighted by Crippen LogP contribution is 2.06. The quantitative estimate of drug-likeness (QED) is 0.788. The summed E-state index contributed by atoms with van der Waals surface area (Å²) in [4.78, 5) is 22.5. The van der Waals surface area contributed by atoms with Gasteiger partial charge in [-0.15, -0.1) is 5.10 Å². The molecule has 7 heteroatoms. The maximum atomic E-state index is 11.9. The Labute approximate surface area is 128 Å². The molecular formula is C15H18N4O3. The van der Waals surface area contributed by atoms with E-state index in [1.807, 2.05) is 24.3 Å². The van der Waals surface area contributed by atoms with Crippen LogP contribution in [0.25, 0.3) is 0 Å². The molecule has 0 saturated heterocycles. The summed E-state index contributed by atoms with van der Waals surface area (Å²) in [6.45, 7) is 2.05. The number of amides is 1. The van der Waals surface area contributed by atoms with Crippen LogP contribution >= 0.6 is 0 Å². The Balaban J connectivity index is 1.84. The van der Waals surface area contributed by atoms with E-state index < -0.39 is 5.97 Å². The fourth-order valence-electron chi connectivity index (χ4n) is 2.03. The fraction of sp³-hybridized carbons (Fsp3) is 0.333. The predicted molar refractivity (Wildman–Crippen MR) is 79.0 cm³/mol. The minimum absolute atomic E-state index is 0.110. The van der Waals surface area contributed by atoms with Crippen molar-refractivity contribution in [1.29, 1.82) is 0 Å². The molecule has 0 spiro atoms. The van der Waals surface area contributed by atoms with Crippen LogP contribution in [0.5, 0.6) is 0 Å². The van der Waals surface area contributed by atoms with Crippen LogP contribution in [-0.2, 0) is 35.5 Å². The van der Waals surface area contributed by atoms with Gasteiger partial charge in [-0.1, -0.05) is 36.4 Å². The summed E-state index contributed by atoms with van der Waals surface area (Å²) in [5.74, 6) is -1.10. The Morgan fingerprint density at radius 1 is 1.32 bits per heavy atom. The number of rotatable bonds is 7. The second-order valence-corrected chi connectivity index (χ2v) is 4.93. The molecule has 0 atom stereocenters. The van der Waals surface area contributed by atoms with Crippen molar-refractivity contribution in [3.63, 3.8) is 0 Å². The summed E-state index contributed by atoms with van der Waals surface area (Å²) in [6, 6.07) is 7.91. The number of carboxylic acid groups (broad SMARTS) is 1. The minimum atomic E-state index is -0.990. The fourth-order valence-corrected chi connectivity index (χ4v) is 2.03. The van der Waals surface area contributed by atoms with E-state index in [9.17, 15) is 9.59 Å². The first-order valence-electron chi connectivity index (χ1n) is 7.02. The third kappa shape index (κ3) is 4.69. The van der Waals surface area contributed by atoms with Crippen molar-refractivity contribution < 1.29 is 14.7 Å². The lowest BCUT2D eigenvalue weighted by atomic mass is 10.1. The van der Waals surface area contributed by atoms with Crippen LogP contribution in [-0.4, -0.2) is 32.0 Å². The molecule has 0 bridgehead atoms. The summed E-state index contributed by atoms with van der Waals surface area (Å²) in [6.07, 6.45) is 2.74. The summed E-state index contributed by atoms with van der Waals surface area (Å²) in [7, 11) is 0. The molecule has 7 nitrogen and oxygen atoms in total. The number of aryl methyl sites for hydroxylation is 1. The number of aromatic nitrogens is 3. The molecular weight excluding hydrogens is 284 g/mol. The summed E-state index contributed by atoms with van der Waals surface area (Å²) >= 11 is 0. The van der Waals surface area contributed by atoms with Gasteiger partial charge >= 0.3 is 5.97 Å². The Bertz CT molecular complexity index is 666. The van der Waals surface area contributed by atoms with Gasteiger partial charge in [0, 0.05) is 0 Å². The monoisotopic (exact) mass is 302 g/mol. The predicted octanol–water partition coefficient (Wildman–Crippen LogP) is 0.784. The van der Waals surface area contributed by atoms with Crippen LogP contribution in [0.1, 0.15) is 23.7 Å². The van der Waals surface area contributed by atoms with Gasteiger partial charge in [-0.2, -0.15) is 0 Å². The number of nitrogens with zero attached hydrogens (tertiary/aromatic N) is 3. The van der Waals surface area contributed by atoms with E-state index in [1.165, 1.54) is 16.4 Å². The third-order valence-electron chi connectivity index (χ3n) is 3.11. The van der Waals surface area contributed by atoms with Crippen molar-refractivity contribution in [2.75, 3.05) is 0 Å². The molecule has 116 valence electrons. The first-order chi connectivity index (χ1) is 10.6. The molecule has 1 amide bonds. The maximum Gasteiger partial charge on any atom is 0.325 e. The Morgan fingerprint density at radius 3 is 2.82 bits per heavy atom. The highest BCUT2D eigenvalue weighted by atomic mass is 16.4. The van der Waals surface area contributed by atoms with E-state index >= 15 is 0 Å². The lowest BCUT2D eigenvalue weighted by molar-refractivity contribution is -0.138. The van der Waals surface area contributed by atoms with Crippen LogP contribution in [0, 0.1) is 0 Å². The first kappa shape index (κ1) is 15.7. The van der Waals surface area contributed by atoms with E-state index in [1.54, 1.807) is 0 Å². The summed E-state index contributed by atoms with van der Waals surface area (Å²) in [5.41, 5.74) is 2.69. The van der Waals surface area contributed by atoms with Crippen LogP contribution in [0.4, 0.5) is 0 Å². The maximum absolute atomic E-state index is 11.9. The minimum Gasteiger partial charge on any atom is -0.480 e. The first-order valence-corrected chi connectivity index (χ1v) is 7.02. The molecule has 0 aliphatic carbocycles. The Kier molecular flexibility index (Phi) is 5.24. The van der Waals surface area contributed by atoms with Crippen LogP contribution in [0.2, 0.25) is 0 Å². The Morgan fingerprint density at radius 2 is 2.09 bits per heavy atom. The zero-order valence-electron chi connectivity index (χ0n) is 12.3. The SMILES string of the molecule is CCc1cccc(CC(=O)NCc2cn(CC(=O)O)nn2)c1. The van der Waals surface area contributed by atoms with E-state index in [2.05, 4.69) is 22.6 Å². The molecule has 0 saturated carbocycles. The zero-order valence-corrected chi connectivity index (χ0v) is 12.3. The molecule has 2 N–H and O–H groups in total. The van der Waals surface area contributed by atoms with Crippen molar-refractivity contribution in [2.45, 2.75) is 32.9 Å². The number of aliphatic carboxylic acids is 1. The van der Waals surface area contributed by atoms with Gasteiger partial charge in [-0.05, 0) is 17.5 Å². The zero-order chi connectivity index (χ0) is 15.9. The van der Waals surface area contributed by atoms with Gasteiger partial charge in [0.1, 0.15) is 12.2 Å². The number of benzene rings is 1. The van der Waals surface area contributed by atoms with E-state index in [0.717, 1.165) is 12.0 Å². The van der Waals surface area contributed by atoms with Gasteiger partial charge in [0.15, 0.2) is 0 Å². The molecule has 0 unspecified atom stereocenters. The van der Waals surface area contributed by atoms with Crippen LogP contribution in [0.15, 0.2) is 30.5 Å². The van der Waals surface area contributed by atoms with E-state index in [4.69, 9.17) is 5.11 Å². The van der Waals surface area contributed by atoms with E-state index in [-0.39, 0.29) is 19.0 Å². The number of carboxylic acids is 1. The van der Waals surface area contributed by atoms with Crippen molar-refractivity contribution in [3.8, 4) is 0 Å². The smallest absolute Gasteiger partial charge is 0.325 e. The van der Waals surface area contributed by atoms with Gasteiger partial charge in [-0.3, -0.25) is 9.59 Å². The van der Waals surface area contributed by atoms with Crippen LogP contribution in [0.3, 0.4) is 0 Å². The Hall–Kier alpha value is -2.70. The van der Waals surface area contributed by atoms with Crippen molar-refractivity contribution >= 4 is 11.9 Å². The highest BCUT2D eigenvalue weighted by molar-refractivity contribution is 5.78. The van der Waals surface area contributed by atoms with Crippen LogP contribution < -0.4 is 5.32 Å². The molecule has 1 aromatic carbocycles. The molecule has 0 fully saturated rings. The van der Waals surface area contributed by atoms with Crippen molar-refractivity contribution in [1.82, 2.24) is 20.3 Å². The number of carbonyl (C=O) groups is 2. The largest absolute Gasteiger partial charge is 0.480 e. The average molecular weight is 302 g/mol. The lowest BCUT2D eigenvalue weighted by Gasteiger charge is -2.05. The molecule has 1 heterocycles. The molecule has 2 aromatic rings. The number of hydrogen-bond donors (Lipinski definition) is 2. The molecule has 0 aliphatic heterocycles. The van der Waals surface area contributed by atoms with Gasteiger partial charge < -0.3 is 10.4 Å². The van der Waals surface area contributed by atoms with Gasteiger partial charge in [0.2, 0.25) is 5.91 Å². The molecule has 0 aliphatic rings. The highest BCUT2D eigenvalue weighted by Gasteiger charge is 2.07. The number of hydrogen-bond acceptors (Lipinski definition) is 4. The summed E-state index contributed by atoms with van der Waals surface area (Å²) in [5, 5.41) is 18.9. The average Bonchev–Trinajstić information content (AvgIpc) is 2.92. The van der Waals surface area contributed by atoms with E-state index in [0.29, 0.717) is 12.1 Å². The lowest BCUT2D eigenvalue weighted by Crippen LogP contribution is -2.24. The second kappa shape index (κ2) is 7.35. The molecule has 1 aromatic heterocycles.